The highest BCUT2D eigenvalue weighted by Crippen LogP contribution is 2.32. The van der Waals surface area contributed by atoms with E-state index in [4.69, 9.17) is 6.57 Å². The Labute approximate surface area is 194 Å². The first kappa shape index (κ1) is 21.5. The van der Waals surface area contributed by atoms with E-state index in [0.29, 0.717) is 40.3 Å². The molecule has 0 saturated heterocycles. The molecule has 1 aliphatic rings. The molecule has 1 aliphatic heterocycles. The lowest BCUT2D eigenvalue weighted by molar-refractivity contribution is 0.0765. The van der Waals surface area contributed by atoms with Crippen molar-refractivity contribution >= 4 is 11.6 Å². The van der Waals surface area contributed by atoms with Crippen molar-refractivity contribution in [2.45, 2.75) is 26.9 Å². The number of rotatable bonds is 4. The minimum absolute atomic E-state index is 0.0569. The summed E-state index contributed by atoms with van der Waals surface area (Å²) in [6, 6.07) is 12.7. The zero-order valence-electron chi connectivity index (χ0n) is 18.5. The van der Waals surface area contributed by atoms with Crippen LogP contribution in [-0.4, -0.2) is 25.6 Å². The number of nitrogens with zero attached hydrogens (tertiary/aromatic N) is 5. The largest absolute Gasteiger partial charge is 0.328 e. The van der Waals surface area contributed by atoms with E-state index in [1.54, 1.807) is 46.1 Å². The van der Waals surface area contributed by atoms with Crippen molar-refractivity contribution in [1.29, 1.82) is 0 Å². The second-order valence-electron chi connectivity index (χ2n) is 8.17. The number of pyridine rings is 1. The quantitative estimate of drug-likeness (QED) is 0.380. The van der Waals surface area contributed by atoms with Crippen molar-refractivity contribution < 1.29 is 13.6 Å². The Balaban J connectivity index is 1.44. The van der Waals surface area contributed by atoms with Crippen molar-refractivity contribution in [2.75, 3.05) is 0 Å². The topological polar surface area (TPSA) is 55.4 Å². The zero-order chi connectivity index (χ0) is 24.0. The van der Waals surface area contributed by atoms with Gasteiger partial charge in [0.05, 0.1) is 35.8 Å². The maximum atomic E-state index is 15.1. The number of amides is 1. The minimum atomic E-state index is -0.620. The lowest BCUT2D eigenvalue weighted by Crippen LogP contribution is -2.23. The lowest BCUT2D eigenvalue weighted by Gasteiger charge is -2.16. The molecule has 3 heterocycles. The van der Waals surface area contributed by atoms with Crippen LogP contribution in [0.15, 0.2) is 54.7 Å². The summed E-state index contributed by atoms with van der Waals surface area (Å²) in [5.41, 5.74) is 4.85. The maximum Gasteiger partial charge on any atom is 0.256 e. The molecule has 8 heteroatoms. The lowest BCUT2D eigenvalue weighted by atomic mass is 10.0. The first-order valence-electron chi connectivity index (χ1n) is 10.6. The number of carbonyl (C=O) groups is 1. The molecule has 0 unspecified atom stereocenters. The van der Waals surface area contributed by atoms with Crippen LogP contribution in [0.5, 0.6) is 0 Å². The Kier molecular flexibility index (Phi) is 5.17. The molecule has 0 atom stereocenters. The number of hydrogen-bond acceptors (Lipinski definition) is 3. The van der Waals surface area contributed by atoms with E-state index in [-0.39, 0.29) is 18.1 Å². The average molecular weight is 455 g/mol. The van der Waals surface area contributed by atoms with Crippen LogP contribution in [0.4, 0.5) is 14.5 Å². The van der Waals surface area contributed by atoms with Crippen molar-refractivity contribution in [3.63, 3.8) is 0 Å². The van der Waals surface area contributed by atoms with Gasteiger partial charge in [0.15, 0.2) is 0 Å². The van der Waals surface area contributed by atoms with Crippen LogP contribution in [0.1, 0.15) is 33.0 Å². The molecular weight excluding hydrogens is 436 g/mol. The van der Waals surface area contributed by atoms with Gasteiger partial charge in [0.1, 0.15) is 11.6 Å². The van der Waals surface area contributed by atoms with Gasteiger partial charge < -0.3 is 4.90 Å². The highest BCUT2D eigenvalue weighted by molar-refractivity contribution is 5.97. The molecule has 0 radical (unpaired) electrons. The number of fused-ring (bicyclic) bond motifs is 1. The predicted molar refractivity (Wildman–Crippen MR) is 122 cm³/mol. The van der Waals surface area contributed by atoms with E-state index in [1.807, 2.05) is 13.8 Å². The van der Waals surface area contributed by atoms with Gasteiger partial charge in [0.2, 0.25) is 5.69 Å². The third-order valence-electron chi connectivity index (χ3n) is 6.04. The fourth-order valence-corrected chi connectivity index (χ4v) is 4.38. The van der Waals surface area contributed by atoms with E-state index >= 15 is 4.39 Å². The molecule has 2 aromatic heterocycles. The van der Waals surface area contributed by atoms with Gasteiger partial charge in [-0.3, -0.25) is 9.78 Å². The molecule has 2 aromatic carbocycles. The molecule has 6 nitrogen and oxygen atoms in total. The summed E-state index contributed by atoms with van der Waals surface area (Å²) in [4.78, 5) is 21.6. The summed E-state index contributed by atoms with van der Waals surface area (Å²) in [6.07, 6.45) is 1.64. The minimum Gasteiger partial charge on any atom is -0.328 e. The molecule has 4 aromatic rings. The first-order chi connectivity index (χ1) is 16.4. The van der Waals surface area contributed by atoms with Gasteiger partial charge >= 0.3 is 0 Å². The second kappa shape index (κ2) is 8.19. The number of aromatic nitrogens is 3. The van der Waals surface area contributed by atoms with Crippen LogP contribution in [0.25, 0.3) is 21.7 Å². The van der Waals surface area contributed by atoms with Crippen LogP contribution < -0.4 is 0 Å². The Morgan fingerprint density at radius 2 is 1.91 bits per heavy atom. The second-order valence-corrected chi connectivity index (χ2v) is 8.17. The van der Waals surface area contributed by atoms with Gasteiger partial charge in [-0.1, -0.05) is 18.2 Å². The van der Waals surface area contributed by atoms with Crippen molar-refractivity contribution in [3.05, 3.63) is 106 Å². The smallest absolute Gasteiger partial charge is 0.256 e. The van der Waals surface area contributed by atoms with Gasteiger partial charge in [-0.25, -0.2) is 18.3 Å². The summed E-state index contributed by atoms with van der Waals surface area (Å²) in [6.45, 7) is 11.1. The molecule has 0 N–H and O–H groups in total. The van der Waals surface area contributed by atoms with Crippen molar-refractivity contribution in [2.24, 2.45) is 0 Å². The van der Waals surface area contributed by atoms with Gasteiger partial charge in [0.25, 0.3) is 5.91 Å². The maximum absolute atomic E-state index is 15.1. The fraction of sp³-hybridized carbons (Fsp3) is 0.154. The Bertz CT molecular complexity index is 1500. The molecule has 0 saturated carbocycles. The number of halogens is 2. The third-order valence-corrected chi connectivity index (χ3v) is 6.04. The summed E-state index contributed by atoms with van der Waals surface area (Å²) < 4.78 is 30.8. The zero-order valence-corrected chi connectivity index (χ0v) is 18.5. The molecule has 168 valence electrons. The average Bonchev–Trinajstić information content (AvgIpc) is 3.30. The van der Waals surface area contributed by atoms with Crippen molar-refractivity contribution in [1.82, 2.24) is 19.7 Å². The monoisotopic (exact) mass is 455 g/mol. The summed E-state index contributed by atoms with van der Waals surface area (Å²) in [5.74, 6) is -1.20. The van der Waals surface area contributed by atoms with Crippen LogP contribution in [0.3, 0.4) is 0 Å². The third kappa shape index (κ3) is 3.52. The van der Waals surface area contributed by atoms with E-state index in [2.05, 4.69) is 14.9 Å². The molecule has 0 fully saturated rings. The van der Waals surface area contributed by atoms with Crippen LogP contribution >= 0.6 is 0 Å². The van der Waals surface area contributed by atoms with Gasteiger partial charge in [-0.2, -0.15) is 5.10 Å². The van der Waals surface area contributed by atoms with Crippen molar-refractivity contribution in [3.8, 4) is 16.8 Å². The summed E-state index contributed by atoms with van der Waals surface area (Å²) >= 11 is 0. The Hall–Kier alpha value is -4.38. The standard InChI is InChI=1S/C26H19F2N5O/c1-15-25(16(2)33(31-15)19-8-9-23(29-3)22(28)12-19)17-6-7-18(21(27)11-17)13-32-14-24-20(26(32)34)5-4-10-30-24/h4-12H,13-14H2,1-2H3. The summed E-state index contributed by atoms with van der Waals surface area (Å²) in [7, 11) is 0. The number of carbonyl (C=O) groups excluding carboxylic acids is 1. The summed E-state index contributed by atoms with van der Waals surface area (Å²) in [5, 5.41) is 4.51. The molecule has 0 bridgehead atoms. The fourth-order valence-electron chi connectivity index (χ4n) is 4.38. The Morgan fingerprint density at radius 1 is 1.09 bits per heavy atom. The van der Waals surface area contributed by atoms with E-state index in [0.717, 1.165) is 11.3 Å². The molecule has 0 aliphatic carbocycles. The first-order valence-corrected chi connectivity index (χ1v) is 10.6. The van der Waals surface area contributed by atoms with Crippen LogP contribution in [0.2, 0.25) is 0 Å². The number of benzene rings is 2. The molecular formula is C26H19F2N5O. The van der Waals surface area contributed by atoms with Gasteiger partial charge in [-0.05, 0) is 49.7 Å². The molecule has 34 heavy (non-hydrogen) atoms. The van der Waals surface area contributed by atoms with Gasteiger partial charge in [0, 0.05) is 29.6 Å². The van der Waals surface area contributed by atoms with Crippen LogP contribution in [-0.2, 0) is 13.1 Å². The predicted octanol–water partition coefficient (Wildman–Crippen LogP) is 5.54. The van der Waals surface area contributed by atoms with E-state index in [1.165, 1.54) is 18.2 Å². The Morgan fingerprint density at radius 3 is 2.62 bits per heavy atom. The highest BCUT2D eigenvalue weighted by Gasteiger charge is 2.28. The highest BCUT2D eigenvalue weighted by atomic mass is 19.1. The normalized spacial score (nSPS) is 12.7. The van der Waals surface area contributed by atoms with E-state index in [9.17, 15) is 9.18 Å². The number of aryl methyl sites for hydroxylation is 1. The van der Waals surface area contributed by atoms with Crippen LogP contribution in [0, 0.1) is 32.1 Å². The van der Waals surface area contributed by atoms with Gasteiger partial charge in [-0.15, -0.1) is 0 Å². The number of hydrogen-bond donors (Lipinski definition) is 0. The molecule has 1 amide bonds. The van der Waals surface area contributed by atoms with E-state index < -0.39 is 11.6 Å². The SMILES string of the molecule is [C-]#[N+]c1ccc(-n2nc(C)c(-c3ccc(CN4Cc5ncccc5C4=O)c(F)c3)c2C)cc1F. The molecule has 0 spiro atoms. The molecule has 5 rings (SSSR count).